The van der Waals surface area contributed by atoms with Crippen LogP contribution in [0.4, 0.5) is 0 Å². The molecule has 4 heteroatoms. The van der Waals surface area contributed by atoms with E-state index in [0.29, 0.717) is 6.42 Å². The zero-order chi connectivity index (χ0) is 9.61. The van der Waals surface area contributed by atoms with Gasteiger partial charge in [-0.05, 0) is 32.5 Å². The summed E-state index contributed by atoms with van der Waals surface area (Å²) >= 11 is 0. The Morgan fingerprint density at radius 3 is 2.33 bits per heavy atom. The molecule has 0 aromatic rings. The van der Waals surface area contributed by atoms with Crippen LogP contribution < -0.4 is 5.73 Å². The summed E-state index contributed by atoms with van der Waals surface area (Å²) in [5.41, 5.74) is 4.99. The summed E-state index contributed by atoms with van der Waals surface area (Å²) in [7, 11) is -1.35. The van der Waals surface area contributed by atoms with E-state index >= 15 is 0 Å². The molecule has 0 spiro atoms. The van der Waals surface area contributed by atoms with Crippen LogP contribution in [0.15, 0.2) is 0 Å². The second-order valence-electron chi connectivity index (χ2n) is 3.88. The molecule has 0 rings (SSSR count). The first-order valence-corrected chi connectivity index (χ1v) is 7.75. The Bertz CT molecular complexity index is 142. The van der Waals surface area contributed by atoms with Crippen LogP contribution in [0.1, 0.15) is 19.3 Å². The number of rotatable bonds is 6. The molecule has 3 nitrogen and oxygen atoms in total. The normalized spacial score (nSPS) is 11.6. The minimum Gasteiger partial charge on any atom is -0.418 e. The summed E-state index contributed by atoms with van der Waals surface area (Å²) in [5, 5.41) is 0. The van der Waals surface area contributed by atoms with Gasteiger partial charge in [-0.2, -0.15) is 0 Å². The van der Waals surface area contributed by atoms with E-state index in [-0.39, 0.29) is 5.91 Å². The lowest BCUT2D eigenvalue weighted by molar-refractivity contribution is -0.118. The van der Waals surface area contributed by atoms with Crippen molar-refractivity contribution in [3.8, 4) is 0 Å². The Hall–Kier alpha value is -0.353. The minimum absolute atomic E-state index is 0.219. The second-order valence-corrected chi connectivity index (χ2v) is 8.40. The Morgan fingerprint density at radius 1 is 1.33 bits per heavy atom. The van der Waals surface area contributed by atoms with Gasteiger partial charge in [0.15, 0.2) is 8.32 Å². The number of nitrogens with two attached hydrogens (primary N) is 1. The lowest BCUT2D eigenvalue weighted by Gasteiger charge is -2.16. The SMILES string of the molecule is C[Si](C)(C)OCCCCC(N)=O. The van der Waals surface area contributed by atoms with E-state index in [9.17, 15) is 4.79 Å². The van der Waals surface area contributed by atoms with Gasteiger partial charge in [-0.15, -0.1) is 0 Å². The molecule has 0 saturated carbocycles. The molecule has 0 unspecified atom stereocenters. The highest BCUT2D eigenvalue weighted by atomic mass is 28.4. The first-order valence-electron chi connectivity index (χ1n) is 4.34. The van der Waals surface area contributed by atoms with Crippen LogP contribution in [0.5, 0.6) is 0 Å². The molecule has 12 heavy (non-hydrogen) atoms. The fraction of sp³-hybridized carbons (Fsp3) is 0.875. The Morgan fingerprint density at radius 2 is 1.92 bits per heavy atom. The van der Waals surface area contributed by atoms with Crippen molar-refractivity contribution in [2.75, 3.05) is 6.61 Å². The monoisotopic (exact) mass is 189 g/mol. The van der Waals surface area contributed by atoms with E-state index in [1.165, 1.54) is 0 Å². The third kappa shape index (κ3) is 9.65. The summed E-state index contributed by atoms with van der Waals surface area (Å²) in [4.78, 5) is 10.3. The van der Waals surface area contributed by atoms with Crippen LogP contribution in [0, 0.1) is 0 Å². The quantitative estimate of drug-likeness (QED) is 0.508. The molecule has 0 aliphatic carbocycles. The van der Waals surface area contributed by atoms with Crippen LogP contribution >= 0.6 is 0 Å². The van der Waals surface area contributed by atoms with E-state index in [1.54, 1.807) is 0 Å². The van der Waals surface area contributed by atoms with Gasteiger partial charge >= 0.3 is 0 Å². The Labute approximate surface area is 75.4 Å². The molecular weight excluding hydrogens is 170 g/mol. The molecule has 0 radical (unpaired) electrons. The number of carbonyl (C=O) groups excluding carboxylic acids is 1. The van der Waals surface area contributed by atoms with Crippen LogP contribution in [0.3, 0.4) is 0 Å². The van der Waals surface area contributed by atoms with Crippen molar-refractivity contribution in [3.63, 3.8) is 0 Å². The van der Waals surface area contributed by atoms with Gasteiger partial charge in [-0.1, -0.05) is 0 Å². The maximum atomic E-state index is 10.3. The van der Waals surface area contributed by atoms with Crippen LogP contribution in [0.2, 0.25) is 19.6 Å². The smallest absolute Gasteiger partial charge is 0.217 e. The zero-order valence-electron chi connectivity index (χ0n) is 8.22. The van der Waals surface area contributed by atoms with E-state index in [1.807, 2.05) is 0 Å². The first kappa shape index (κ1) is 11.6. The van der Waals surface area contributed by atoms with Gasteiger partial charge in [0.2, 0.25) is 5.91 Å². The number of carbonyl (C=O) groups is 1. The zero-order valence-corrected chi connectivity index (χ0v) is 9.22. The topological polar surface area (TPSA) is 52.3 Å². The molecule has 0 aromatic carbocycles. The third-order valence-electron chi connectivity index (χ3n) is 1.35. The number of hydrogen-bond acceptors (Lipinski definition) is 2. The highest BCUT2D eigenvalue weighted by Crippen LogP contribution is 2.04. The van der Waals surface area contributed by atoms with Crippen molar-refractivity contribution in [2.24, 2.45) is 5.73 Å². The summed E-state index contributed by atoms with van der Waals surface area (Å²) in [6, 6.07) is 0. The van der Waals surface area contributed by atoms with Crippen LogP contribution in [-0.4, -0.2) is 20.8 Å². The highest BCUT2D eigenvalue weighted by molar-refractivity contribution is 6.69. The molecule has 2 N–H and O–H groups in total. The highest BCUT2D eigenvalue weighted by Gasteiger charge is 2.12. The molecule has 0 bridgehead atoms. The fourth-order valence-electron chi connectivity index (χ4n) is 0.780. The standard InChI is InChI=1S/C8H19NO2Si/c1-12(2,3)11-7-5-4-6-8(9)10/h4-7H2,1-3H3,(H2,9,10). The van der Waals surface area contributed by atoms with Crippen molar-refractivity contribution >= 4 is 14.2 Å². The number of unbranched alkanes of at least 4 members (excludes halogenated alkanes) is 1. The molecule has 0 fully saturated rings. The maximum Gasteiger partial charge on any atom is 0.217 e. The molecule has 0 aliphatic rings. The van der Waals surface area contributed by atoms with Crippen molar-refractivity contribution in [1.29, 1.82) is 0 Å². The van der Waals surface area contributed by atoms with Gasteiger partial charge in [0.1, 0.15) is 0 Å². The van der Waals surface area contributed by atoms with Gasteiger partial charge in [0.25, 0.3) is 0 Å². The molecule has 0 heterocycles. The second kappa shape index (κ2) is 5.32. The Balaban J connectivity index is 3.17. The van der Waals surface area contributed by atoms with E-state index in [4.69, 9.17) is 10.2 Å². The minimum atomic E-state index is -1.35. The molecule has 0 aromatic heterocycles. The lowest BCUT2D eigenvalue weighted by atomic mass is 10.2. The average molecular weight is 189 g/mol. The summed E-state index contributed by atoms with van der Waals surface area (Å²) in [5.74, 6) is -0.219. The summed E-state index contributed by atoms with van der Waals surface area (Å²) in [6.07, 6.45) is 2.27. The van der Waals surface area contributed by atoms with Gasteiger partial charge < -0.3 is 10.2 Å². The van der Waals surface area contributed by atoms with Gasteiger partial charge in [0, 0.05) is 13.0 Å². The van der Waals surface area contributed by atoms with Gasteiger partial charge in [0.05, 0.1) is 0 Å². The van der Waals surface area contributed by atoms with E-state index < -0.39 is 8.32 Å². The maximum absolute atomic E-state index is 10.3. The lowest BCUT2D eigenvalue weighted by Crippen LogP contribution is -2.25. The van der Waals surface area contributed by atoms with Crippen molar-refractivity contribution < 1.29 is 9.22 Å². The number of amides is 1. The summed E-state index contributed by atoms with van der Waals surface area (Å²) in [6.45, 7) is 7.23. The van der Waals surface area contributed by atoms with E-state index in [2.05, 4.69) is 19.6 Å². The fourth-order valence-corrected chi connectivity index (χ4v) is 1.54. The number of primary amides is 1. The van der Waals surface area contributed by atoms with E-state index in [0.717, 1.165) is 19.4 Å². The largest absolute Gasteiger partial charge is 0.418 e. The Kier molecular flexibility index (Phi) is 5.16. The first-order chi connectivity index (χ1) is 5.42. The van der Waals surface area contributed by atoms with Gasteiger partial charge in [-0.3, -0.25) is 4.79 Å². The molecule has 72 valence electrons. The van der Waals surface area contributed by atoms with Crippen LogP contribution in [0.25, 0.3) is 0 Å². The van der Waals surface area contributed by atoms with Crippen molar-refractivity contribution in [3.05, 3.63) is 0 Å². The van der Waals surface area contributed by atoms with Crippen LogP contribution in [-0.2, 0) is 9.22 Å². The molecule has 0 atom stereocenters. The van der Waals surface area contributed by atoms with Crippen molar-refractivity contribution in [2.45, 2.75) is 38.9 Å². The predicted molar refractivity (Wildman–Crippen MR) is 52.3 cm³/mol. The molecule has 1 amide bonds. The predicted octanol–water partition coefficient (Wildman–Crippen LogP) is 1.49. The summed E-state index contributed by atoms with van der Waals surface area (Å²) < 4.78 is 5.60. The molecule has 0 aliphatic heterocycles. The van der Waals surface area contributed by atoms with Gasteiger partial charge in [-0.25, -0.2) is 0 Å². The molecule has 0 saturated heterocycles. The van der Waals surface area contributed by atoms with Crippen molar-refractivity contribution in [1.82, 2.24) is 0 Å². The number of hydrogen-bond donors (Lipinski definition) is 1. The average Bonchev–Trinajstić information content (AvgIpc) is 1.83. The third-order valence-corrected chi connectivity index (χ3v) is 2.42. The molecular formula is C8H19NO2Si.